The van der Waals surface area contributed by atoms with E-state index in [0.29, 0.717) is 47.0 Å². The standard InChI is InChI=1S/C34H40ClN9O3/c1-41(2)13-9-12-30(45)37-26-14-27(29(46-5)15-28(26)43-19-34(20-43)21-47-22-34)38-33-36-16-25(35)32(39-33)44-18-24(17-42(3)4)31(40-44)23-10-7-6-8-11-23/h6-12,14-16,18H,13,17,19-22H2,1-5H3,(H,37,45)(H,36,38,39). The molecule has 2 aromatic carbocycles. The van der Waals surface area contributed by atoms with E-state index in [1.54, 1.807) is 24.1 Å². The van der Waals surface area contributed by atoms with E-state index in [9.17, 15) is 4.79 Å². The Morgan fingerprint density at radius 3 is 2.53 bits per heavy atom. The highest BCUT2D eigenvalue weighted by molar-refractivity contribution is 6.32. The Balaban J connectivity index is 1.32. The number of carbonyl (C=O) groups excluding carboxylic acids is 1. The molecule has 246 valence electrons. The molecule has 0 bridgehead atoms. The van der Waals surface area contributed by atoms with Crippen LogP contribution in [0.5, 0.6) is 5.75 Å². The molecule has 12 nitrogen and oxygen atoms in total. The molecule has 0 aliphatic carbocycles. The molecule has 4 aromatic rings. The molecule has 2 N–H and O–H groups in total. The van der Waals surface area contributed by atoms with Crippen LogP contribution < -0.4 is 20.3 Å². The Kier molecular flexibility index (Phi) is 9.46. The number of amides is 1. The number of nitrogens with zero attached hydrogens (tertiary/aromatic N) is 7. The summed E-state index contributed by atoms with van der Waals surface area (Å²) in [5.41, 5.74) is 5.16. The fraction of sp³-hybridized carbons (Fsp3) is 0.353. The number of hydrogen-bond acceptors (Lipinski definition) is 10. The average Bonchev–Trinajstić information content (AvgIpc) is 3.40. The second kappa shape index (κ2) is 13.7. The first-order valence-corrected chi connectivity index (χ1v) is 15.8. The van der Waals surface area contributed by atoms with Gasteiger partial charge in [-0.25, -0.2) is 9.67 Å². The molecule has 6 rings (SSSR count). The van der Waals surface area contributed by atoms with E-state index in [1.165, 1.54) is 0 Å². The maximum Gasteiger partial charge on any atom is 0.248 e. The van der Waals surface area contributed by atoms with E-state index in [0.717, 1.165) is 48.8 Å². The SMILES string of the molecule is COc1cc(N2CC3(COC3)C2)c(NC(=O)C=CCN(C)C)cc1Nc1ncc(Cl)c(-n2cc(CN(C)C)c(-c3ccccc3)n2)n1. The summed E-state index contributed by atoms with van der Waals surface area (Å²) in [7, 11) is 9.55. The summed E-state index contributed by atoms with van der Waals surface area (Å²) in [4.78, 5) is 28.5. The van der Waals surface area contributed by atoms with Crippen molar-refractivity contribution in [1.82, 2.24) is 29.5 Å². The lowest BCUT2D eigenvalue weighted by molar-refractivity contribution is -0.127. The normalized spacial score (nSPS) is 15.3. The first kappa shape index (κ1) is 32.5. The van der Waals surface area contributed by atoms with Crippen molar-refractivity contribution >= 4 is 40.5 Å². The maximum atomic E-state index is 13.0. The van der Waals surface area contributed by atoms with Crippen molar-refractivity contribution in [2.45, 2.75) is 6.54 Å². The topological polar surface area (TPSA) is 113 Å². The summed E-state index contributed by atoms with van der Waals surface area (Å²) in [6, 6.07) is 13.8. The number of benzene rings is 2. The number of likely N-dealkylation sites (N-methyl/N-ethyl adjacent to an activating group) is 1. The molecule has 0 unspecified atom stereocenters. The van der Waals surface area contributed by atoms with Gasteiger partial charge in [-0.05, 0) is 34.3 Å². The number of ether oxygens (including phenoxy) is 2. The van der Waals surface area contributed by atoms with Crippen LogP contribution in [0.1, 0.15) is 5.56 Å². The van der Waals surface area contributed by atoms with Gasteiger partial charge in [0.1, 0.15) is 10.8 Å². The van der Waals surface area contributed by atoms with Crippen molar-refractivity contribution < 1.29 is 14.3 Å². The van der Waals surface area contributed by atoms with E-state index in [1.807, 2.05) is 87.8 Å². The molecule has 1 spiro atoms. The zero-order chi connectivity index (χ0) is 33.1. The van der Waals surface area contributed by atoms with Crippen molar-refractivity contribution in [2.75, 3.05) is 83.7 Å². The van der Waals surface area contributed by atoms with E-state index >= 15 is 0 Å². The van der Waals surface area contributed by atoms with Crippen molar-refractivity contribution in [3.63, 3.8) is 0 Å². The summed E-state index contributed by atoms with van der Waals surface area (Å²) in [6.45, 7) is 4.54. The Bertz CT molecular complexity index is 1760. The van der Waals surface area contributed by atoms with Gasteiger partial charge in [-0.15, -0.1) is 0 Å². The van der Waals surface area contributed by atoms with Gasteiger partial charge in [0.05, 0.1) is 54.7 Å². The van der Waals surface area contributed by atoms with E-state index in [-0.39, 0.29) is 11.3 Å². The molecule has 47 heavy (non-hydrogen) atoms. The lowest BCUT2D eigenvalue weighted by Crippen LogP contribution is -2.66. The maximum absolute atomic E-state index is 13.0. The monoisotopic (exact) mass is 657 g/mol. The highest BCUT2D eigenvalue weighted by Gasteiger charge is 2.49. The smallest absolute Gasteiger partial charge is 0.248 e. The highest BCUT2D eigenvalue weighted by atomic mass is 35.5. The fourth-order valence-electron chi connectivity index (χ4n) is 5.76. The molecular formula is C34H40ClN9O3. The summed E-state index contributed by atoms with van der Waals surface area (Å²) < 4.78 is 13.0. The number of rotatable bonds is 12. The number of halogens is 1. The second-order valence-corrected chi connectivity index (χ2v) is 13.0. The quantitative estimate of drug-likeness (QED) is 0.208. The van der Waals surface area contributed by atoms with Gasteiger partial charge in [0.25, 0.3) is 0 Å². The van der Waals surface area contributed by atoms with Gasteiger partial charge in [-0.3, -0.25) is 4.79 Å². The number of aromatic nitrogens is 4. The molecule has 2 aromatic heterocycles. The number of nitrogens with one attached hydrogen (secondary N) is 2. The number of carbonyl (C=O) groups is 1. The van der Waals surface area contributed by atoms with E-state index in [2.05, 4.69) is 25.4 Å². The first-order chi connectivity index (χ1) is 22.6. The van der Waals surface area contributed by atoms with Gasteiger partial charge < -0.3 is 34.8 Å². The summed E-state index contributed by atoms with van der Waals surface area (Å²) in [6.07, 6.45) is 6.86. The van der Waals surface area contributed by atoms with Crippen LogP contribution in [-0.4, -0.2) is 104 Å². The third-order valence-electron chi connectivity index (χ3n) is 8.04. The zero-order valence-corrected chi connectivity index (χ0v) is 28.1. The third-order valence-corrected chi connectivity index (χ3v) is 8.30. The van der Waals surface area contributed by atoms with Crippen LogP contribution in [0.3, 0.4) is 0 Å². The van der Waals surface area contributed by atoms with Gasteiger partial charge in [-0.1, -0.05) is 48.0 Å². The molecule has 0 radical (unpaired) electrons. The van der Waals surface area contributed by atoms with Crippen LogP contribution >= 0.6 is 11.6 Å². The first-order valence-electron chi connectivity index (χ1n) is 15.4. The minimum absolute atomic E-state index is 0.184. The molecule has 2 saturated heterocycles. The second-order valence-electron chi connectivity index (χ2n) is 12.6. The molecule has 2 fully saturated rings. The van der Waals surface area contributed by atoms with Gasteiger partial charge in [-0.2, -0.15) is 10.1 Å². The molecule has 0 saturated carbocycles. The average molecular weight is 658 g/mol. The number of hydrogen-bond donors (Lipinski definition) is 2. The van der Waals surface area contributed by atoms with Crippen LogP contribution in [-0.2, 0) is 16.1 Å². The Labute approximate surface area is 279 Å². The van der Waals surface area contributed by atoms with Crippen molar-refractivity contribution in [2.24, 2.45) is 5.41 Å². The predicted octanol–water partition coefficient (Wildman–Crippen LogP) is 4.69. The zero-order valence-electron chi connectivity index (χ0n) is 27.3. The molecular weight excluding hydrogens is 618 g/mol. The summed E-state index contributed by atoms with van der Waals surface area (Å²) >= 11 is 6.65. The predicted molar refractivity (Wildman–Crippen MR) is 185 cm³/mol. The van der Waals surface area contributed by atoms with Crippen LogP contribution in [0.4, 0.5) is 23.0 Å². The minimum atomic E-state index is -0.224. The third kappa shape index (κ3) is 7.25. The largest absolute Gasteiger partial charge is 0.494 e. The summed E-state index contributed by atoms with van der Waals surface area (Å²) in [5.74, 6) is 1.07. The molecule has 1 amide bonds. The molecule has 2 aliphatic rings. The molecule has 2 aliphatic heterocycles. The Morgan fingerprint density at radius 2 is 1.87 bits per heavy atom. The van der Waals surface area contributed by atoms with Gasteiger partial charge in [0.15, 0.2) is 5.82 Å². The Morgan fingerprint density at radius 1 is 1.11 bits per heavy atom. The number of anilines is 4. The van der Waals surface area contributed by atoms with E-state index in [4.69, 9.17) is 31.2 Å². The summed E-state index contributed by atoms with van der Waals surface area (Å²) in [5, 5.41) is 11.6. The van der Waals surface area contributed by atoms with Gasteiger partial charge in [0, 0.05) is 55.6 Å². The van der Waals surface area contributed by atoms with Crippen LogP contribution in [0.2, 0.25) is 5.02 Å². The Hall–Kier alpha value is -4.49. The lowest BCUT2D eigenvalue weighted by atomic mass is 9.77. The number of methoxy groups -OCH3 is 1. The highest BCUT2D eigenvalue weighted by Crippen LogP contribution is 2.46. The molecule has 13 heteroatoms. The van der Waals surface area contributed by atoms with E-state index < -0.39 is 0 Å². The molecule has 0 atom stereocenters. The van der Waals surface area contributed by atoms with Crippen LogP contribution in [0.25, 0.3) is 17.1 Å². The fourth-order valence-corrected chi connectivity index (χ4v) is 5.94. The van der Waals surface area contributed by atoms with Gasteiger partial charge in [0.2, 0.25) is 11.9 Å². The minimum Gasteiger partial charge on any atom is -0.494 e. The van der Waals surface area contributed by atoms with Crippen molar-refractivity contribution in [1.29, 1.82) is 0 Å². The van der Waals surface area contributed by atoms with Crippen LogP contribution in [0, 0.1) is 5.41 Å². The lowest BCUT2D eigenvalue weighted by Gasteiger charge is -2.56. The molecule has 4 heterocycles. The van der Waals surface area contributed by atoms with Crippen LogP contribution in [0.15, 0.2) is 67.0 Å². The van der Waals surface area contributed by atoms with Crippen molar-refractivity contribution in [3.8, 4) is 22.8 Å². The van der Waals surface area contributed by atoms with Crippen molar-refractivity contribution in [3.05, 3.63) is 77.6 Å². The van der Waals surface area contributed by atoms with Gasteiger partial charge >= 0.3 is 0 Å².